The highest BCUT2D eigenvalue weighted by molar-refractivity contribution is 7.91. The van der Waals surface area contributed by atoms with Crippen LogP contribution in [0.1, 0.15) is 26.7 Å². The van der Waals surface area contributed by atoms with Crippen LogP contribution in [0.4, 0.5) is 5.69 Å². The second kappa shape index (κ2) is 6.59. The van der Waals surface area contributed by atoms with Gasteiger partial charge in [-0.15, -0.1) is 0 Å². The Morgan fingerprint density at radius 1 is 1.20 bits per heavy atom. The van der Waals surface area contributed by atoms with Crippen molar-refractivity contribution in [2.75, 3.05) is 30.7 Å². The normalized spacial score (nSPS) is 18.1. The van der Waals surface area contributed by atoms with Crippen LogP contribution >= 0.6 is 0 Å². The lowest BCUT2D eigenvalue weighted by Gasteiger charge is -2.24. The molecule has 0 saturated carbocycles. The molecule has 5 heteroatoms. The van der Waals surface area contributed by atoms with Crippen molar-refractivity contribution in [3.63, 3.8) is 0 Å². The molecule has 1 aliphatic rings. The van der Waals surface area contributed by atoms with Gasteiger partial charge < -0.3 is 5.32 Å². The minimum atomic E-state index is -3.10. The first-order valence-electron chi connectivity index (χ1n) is 7.33. The first-order chi connectivity index (χ1) is 9.53. The Morgan fingerprint density at radius 2 is 1.80 bits per heavy atom. The lowest BCUT2D eigenvalue weighted by Crippen LogP contribution is -2.35. The largest absolute Gasteiger partial charge is 0.383 e. The van der Waals surface area contributed by atoms with Gasteiger partial charge in [-0.2, -0.15) is 0 Å². The molecular weight excluding hydrogens is 272 g/mol. The molecule has 0 radical (unpaired) electrons. The molecule has 0 aromatic heterocycles. The molecule has 4 nitrogen and oxygen atoms in total. The summed E-state index contributed by atoms with van der Waals surface area (Å²) < 4.78 is 23.5. The van der Waals surface area contributed by atoms with E-state index in [1.807, 2.05) is 12.1 Å². The van der Waals surface area contributed by atoms with Crippen molar-refractivity contribution in [3.8, 4) is 0 Å². The first kappa shape index (κ1) is 15.3. The van der Waals surface area contributed by atoms with Gasteiger partial charge in [0.1, 0.15) is 0 Å². The van der Waals surface area contributed by atoms with E-state index in [0.29, 0.717) is 10.9 Å². The van der Waals surface area contributed by atoms with Crippen LogP contribution in [-0.2, 0) is 9.84 Å². The van der Waals surface area contributed by atoms with E-state index in [1.54, 1.807) is 19.1 Å². The highest BCUT2D eigenvalue weighted by atomic mass is 32.2. The van der Waals surface area contributed by atoms with E-state index >= 15 is 0 Å². The molecule has 112 valence electrons. The fourth-order valence-corrected chi connectivity index (χ4v) is 3.41. The number of nitrogens with one attached hydrogen (secondary N) is 1. The van der Waals surface area contributed by atoms with Gasteiger partial charge >= 0.3 is 0 Å². The van der Waals surface area contributed by atoms with E-state index in [-0.39, 0.29) is 5.75 Å². The predicted molar refractivity (Wildman–Crippen MR) is 82.9 cm³/mol. The van der Waals surface area contributed by atoms with Gasteiger partial charge in [-0.25, -0.2) is 8.42 Å². The summed E-state index contributed by atoms with van der Waals surface area (Å²) >= 11 is 0. The summed E-state index contributed by atoms with van der Waals surface area (Å²) in [4.78, 5) is 2.89. The first-order valence-corrected chi connectivity index (χ1v) is 8.99. The van der Waals surface area contributed by atoms with Crippen LogP contribution in [0.5, 0.6) is 0 Å². The minimum Gasteiger partial charge on any atom is -0.383 e. The Kier molecular flexibility index (Phi) is 5.05. The molecular formula is C15H24N2O2S. The summed E-state index contributed by atoms with van der Waals surface area (Å²) in [5.74, 6) is 0.145. The van der Waals surface area contributed by atoms with Crippen LogP contribution in [0.25, 0.3) is 0 Å². The van der Waals surface area contributed by atoms with Crippen molar-refractivity contribution in [2.45, 2.75) is 37.6 Å². The zero-order valence-corrected chi connectivity index (χ0v) is 13.1. The maximum Gasteiger partial charge on any atom is 0.178 e. The van der Waals surface area contributed by atoms with Crippen LogP contribution < -0.4 is 5.32 Å². The number of hydrogen-bond acceptors (Lipinski definition) is 4. The molecule has 2 rings (SSSR count). The fourth-order valence-electron chi connectivity index (χ4n) is 2.52. The molecule has 1 atom stereocenters. The average molecular weight is 296 g/mol. The van der Waals surface area contributed by atoms with E-state index in [9.17, 15) is 8.42 Å². The molecule has 1 saturated heterocycles. The van der Waals surface area contributed by atoms with Crippen LogP contribution in [0, 0.1) is 0 Å². The summed E-state index contributed by atoms with van der Waals surface area (Å²) in [6, 6.07) is 7.57. The smallest absolute Gasteiger partial charge is 0.178 e. The molecule has 0 aliphatic carbocycles. The molecule has 1 aromatic carbocycles. The Morgan fingerprint density at radius 3 is 2.35 bits per heavy atom. The van der Waals surface area contributed by atoms with E-state index in [2.05, 4.69) is 17.1 Å². The molecule has 0 bridgehead atoms. The van der Waals surface area contributed by atoms with Gasteiger partial charge in [-0.3, -0.25) is 4.90 Å². The maximum absolute atomic E-state index is 11.7. The van der Waals surface area contributed by atoms with Crippen molar-refractivity contribution >= 4 is 15.5 Å². The number of anilines is 1. The number of benzene rings is 1. The summed E-state index contributed by atoms with van der Waals surface area (Å²) in [5, 5.41) is 3.38. The Hall–Kier alpha value is -1.07. The number of hydrogen-bond donors (Lipinski definition) is 1. The van der Waals surface area contributed by atoms with Gasteiger partial charge in [0, 0.05) is 18.3 Å². The fraction of sp³-hybridized carbons (Fsp3) is 0.600. The predicted octanol–water partition coefficient (Wildman–Crippen LogP) is 2.38. The average Bonchev–Trinajstić information content (AvgIpc) is 2.99. The Balaban J connectivity index is 1.90. The van der Waals surface area contributed by atoms with Crippen LogP contribution in [-0.4, -0.2) is 44.7 Å². The molecule has 1 fully saturated rings. The molecule has 20 heavy (non-hydrogen) atoms. The van der Waals surface area contributed by atoms with Gasteiger partial charge in [-0.05, 0) is 57.1 Å². The van der Waals surface area contributed by atoms with E-state index in [4.69, 9.17) is 0 Å². The number of likely N-dealkylation sites (tertiary alicyclic amines) is 1. The Labute approximate surface area is 122 Å². The van der Waals surface area contributed by atoms with Crippen molar-refractivity contribution in [3.05, 3.63) is 24.3 Å². The Bertz CT molecular complexity index is 519. The molecule has 0 amide bonds. The standard InChI is InChI=1S/C15H24N2O2S/c1-3-20(18,19)15-8-6-14(7-9-15)16-12-13(2)17-10-4-5-11-17/h6-9,13,16H,3-5,10-12H2,1-2H3. The van der Waals surface area contributed by atoms with Gasteiger partial charge in [0.2, 0.25) is 0 Å². The second-order valence-corrected chi connectivity index (χ2v) is 7.68. The molecule has 1 heterocycles. The lowest BCUT2D eigenvalue weighted by molar-refractivity contribution is 0.269. The molecule has 1 aromatic rings. The second-order valence-electron chi connectivity index (χ2n) is 5.40. The topological polar surface area (TPSA) is 49.4 Å². The zero-order valence-electron chi connectivity index (χ0n) is 12.3. The van der Waals surface area contributed by atoms with Crippen molar-refractivity contribution < 1.29 is 8.42 Å². The SMILES string of the molecule is CCS(=O)(=O)c1ccc(NCC(C)N2CCCC2)cc1. The van der Waals surface area contributed by atoms with Crippen molar-refractivity contribution in [2.24, 2.45) is 0 Å². The van der Waals surface area contributed by atoms with Gasteiger partial charge in [0.05, 0.1) is 10.6 Å². The summed E-state index contributed by atoms with van der Waals surface area (Å²) in [6.07, 6.45) is 2.60. The third-order valence-corrected chi connectivity index (χ3v) is 5.71. The van der Waals surface area contributed by atoms with E-state index in [0.717, 1.165) is 12.2 Å². The third-order valence-electron chi connectivity index (χ3n) is 3.96. The molecule has 1 N–H and O–H groups in total. The van der Waals surface area contributed by atoms with E-state index in [1.165, 1.54) is 25.9 Å². The highest BCUT2D eigenvalue weighted by Gasteiger charge is 2.17. The summed E-state index contributed by atoms with van der Waals surface area (Å²) in [5.41, 5.74) is 0.978. The quantitative estimate of drug-likeness (QED) is 0.875. The lowest BCUT2D eigenvalue weighted by atomic mass is 10.2. The summed E-state index contributed by atoms with van der Waals surface area (Å²) in [7, 11) is -3.10. The van der Waals surface area contributed by atoms with Crippen molar-refractivity contribution in [1.82, 2.24) is 4.90 Å². The maximum atomic E-state index is 11.7. The van der Waals surface area contributed by atoms with Crippen LogP contribution in [0.3, 0.4) is 0 Å². The van der Waals surface area contributed by atoms with Crippen molar-refractivity contribution in [1.29, 1.82) is 0 Å². The highest BCUT2D eigenvalue weighted by Crippen LogP contribution is 2.16. The number of sulfone groups is 1. The number of nitrogens with zero attached hydrogens (tertiary/aromatic N) is 1. The van der Waals surface area contributed by atoms with E-state index < -0.39 is 9.84 Å². The molecule has 0 spiro atoms. The minimum absolute atomic E-state index is 0.145. The third kappa shape index (κ3) is 3.73. The zero-order chi connectivity index (χ0) is 14.6. The van der Waals surface area contributed by atoms with Gasteiger partial charge in [0.15, 0.2) is 9.84 Å². The number of rotatable bonds is 6. The summed E-state index contributed by atoms with van der Waals surface area (Å²) in [6.45, 7) is 7.17. The molecule has 1 unspecified atom stereocenters. The molecule has 1 aliphatic heterocycles. The van der Waals surface area contributed by atoms with Gasteiger partial charge in [0.25, 0.3) is 0 Å². The van der Waals surface area contributed by atoms with Crippen LogP contribution in [0.2, 0.25) is 0 Å². The van der Waals surface area contributed by atoms with Gasteiger partial charge in [-0.1, -0.05) is 6.92 Å². The monoisotopic (exact) mass is 296 g/mol. The van der Waals surface area contributed by atoms with Crippen LogP contribution in [0.15, 0.2) is 29.2 Å².